The van der Waals surface area contributed by atoms with E-state index in [1.165, 1.54) is 33.3 Å². The van der Waals surface area contributed by atoms with E-state index >= 15 is 0 Å². The average Bonchev–Trinajstić information content (AvgIpc) is 3.01. The van der Waals surface area contributed by atoms with E-state index < -0.39 is 0 Å². The number of hydrogen-bond donors (Lipinski definition) is 0. The summed E-state index contributed by atoms with van der Waals surface area (Å²) in [7, 11) is 0. The summed E-state index contributed by atoms with van der Waals surface area (Å²) < 4.78 is 2.41. The van der Waals surface area contributed by atoms with E-state index in [-0.39, 0.29) is 0 Å². The van der Waals surface area contributed by atoms with Gasteiger partial charge in [-0.3, -0.25) is 0 Å². The van der Waals surface area contributed by atoms with E-state index in [1.54, 1.807) is 0 Å². The van der Waals surface area contributed by atoms with Crippen LogP contribution in [-0.2, 0) is 6.54 Å². The van der Waals surface area contributed by atoms with Crippen LogP contribution in [0.1, 0.15) is 18.1 Å². The second-order valence-corrected chi connectivity index (χ2v) is 6.13. The van der Waals surface area contributed by atoms with E-state index in [4.69, 9.17) is 0 Å². The zero-order valence-electron chi connectivity index (χ0n) is 14.4. The van der Waals surface area contributed by atoms with Gasteiger partial charge in [0.05, 0.1) is 5.69 Å². The maximum absolute atomic E-state index is 2.41. The lowest BCUT2D eigenvalue weighted by molar-refractivity contribution is 0.805. The number of hydrogen-bond acceptors (Lipinski definition) is 0. The fourth-order valence-electron chi connectivity index (χ4n) is 3.48. The Kier molecular flexibility index (Phi) is 4.22. The fourth-order valence-corrected chi connectivity index (χ4v) is 3.48. The first-order valence-corrected chi connectivity index (χ1v) is 8.78. The van der Waals surface area contributed by atoms with Crippen LogP contribution in [0.5, 0.6) is 0 Å². The van der Waals surface area contributed by atoms with Crippen molar-refractivity contribution in [1.29, 1.82) is 0 Å². The third-order valence-corrected chi connectivity index (χ3v) is 4.62. The molecule has 0 amide bonds. The number of aromatic nitrogens is 1. The fraction of sp³-hybridized carbons (Fsp3) is 0.0833. The summed E-state index contributed by atoms with van der Waals surface area (Å²) in [6, 6.07) is 29.8. The van der Waals surface area contributed by atoms with Crippen LogP contribution in [0.4, 0.5) is 0 Å². The van der Waals surface area contributed by atoms with Crippen molar-refractivity contribution in [1.82, 2.24) is 4.57 Å². The third-order valence-electron chi connectivity index (χ3n) is 4.62. The molecule has 25 heavy (non-hydrogen) atoms. The topological polar surface area (TPSA) is 4.93 Å². The summed E-state index contributed by atoms with van der Waals surface area (Å²) >= 11 is 0. The molecule has 0 N–H and O–H groups in total. The van der Waals surface area contributed by atoms with Crippen LogP contribution in [-0.4, -0.2) is 4.57 Å². The minimum absolute atomic E-state index is 0.948. The molecule has 0 unspecified atom stereocenters. The first-order valence-electron chi connectivity index (χ1n) is 8.78. The van der Waals surface area contributed by atoms with Gasteiger partial charge < -0.3 is 4.57 Å². The molecule has 1 nitrogen and oxygen atoms in total. The van der Waals surface area contributed by atoms with Crippen LogP contribution in [0.15, 0.2) is 84.9 Å². The molecule has 0 fully saturated rings. The maximum atomic E-state index is 2.41. The Labute approximate surface area is 148 Å². The van der Waals surface area contributed by atoms with Crippen LogP contribution in [0.3, 0.4) is 0 Å². The Morgan fingerprint density at radius 3 is 2.08 bits per heavy atom. The molecular weight excluding hydrogens is 302 g/mol. The van der Waals surface area contributed by atoms with Crippen molar-refractivity contribution in [3.8, 4) is 11.3 Å². The van der Waals surface area contributed by atoms with Crippen molar-refractivity contribution in [3.63, 3.8) is 0 Å². The second kappa shape index (κ2) is 6.82. The third kappa shape index (κ3) is 2.89. The average molecular weight is 323 g/mol. The number of fused-ring (bicyclic) bond motifs is 1. The predicted molar refractivity (Wildman–Crippen MR) is 108 cm³/mol. The SMILES string of the molecule is CCn1c(-c2ccccc2)c(/C=C/c2ccccc2)c2ccccc21. The van der Waals surface area contributed by atoms with Gasteiger partial charge in [0.1, 0.15) is 0 Å². The van der Waals surface area contributed by atoms with Gasteiger partial charge in [0.25, 0.3) is 0 Å². The minimum atomic E-state index is 0.948. The van der Waals surface area contributed by atoms with Gasteiger partial charge in [0.15, 0.2) is 0 Å². The number of benzene rings is 3. The largest absolute Gasteiger partial charge is 0.340 e. The number of aryl methyl sites for hydroxylation is 1. The minimum Gasteiger partial charge on any atom is -0.340 e. The number of nitrogens with zero attached hydrogens (tertiary/aromatic N) is 1. The summed E-state index contributed by atoms with van der Waals surface area (Å²) in [5.41, 5.74) is 6.34. The molecule has 0 aliphatic heterocycles. The highest BCUT2D eigenvalue weighted by atomic mass is 15.0. The van der Waals surface area contributed by atoms with Gasteiger partial charge in [0.2, 0.25) is 0 Å². The molecule has 122 valence electrons. The van der Waals surface area contributed by atoms with Gasteiger partial charge in [-0.1, -0.05) is 91.0 Å². The van der Waals surface area contributed by atoms with Gasteiger partial charge in [-0.25, -0.2) is 0 Å². The molecule has 0 aliphatic carbocycles. The molecule has 1 heterocycles. The van der Waals surface area contributed by atoms with E-state index in [1.807, 2.05) is 0 Å². The van der Waals surface area contributed by atoms with E-state index in [9.17, 15) is 0 Å². The lowest BCUT2D eigenvalue weighted by atomic mass is 10.0. The predicted octanol–water partition coefficient (Wildman–Crippen LogP) is 6.50. The van der Waals surface area contributed by atoms with Crippen LogP contribution < -0.4 is 0 Å². The van der Waals surface area contributed by atoms with Crippen molar-refractivity contribution < 1.29 is 0 Å². The first-order chi connectivity index (χ1) is 12.4. The standard InChI is InChI=1S/C24H21N/c1-2-25-23-16-10-9-15-21(23)22(18-17-19-11-5-3-6-12-19)24(25)20-13-7-4-8-14-20/h3-18H,2H2,1H3/b18-17+. The molecule has 0 saturated heterocycles. The summed E-state index contributed by atoms with van der Waals surface area (Å²) in [6.07, 6.45) is 4.46. The highest BCUT2D eigenvalue weighted by Crippen LogP contribution is 2.35. The quantitative estimate of drug-likeness (QED) is 0.404. The smallest absolute Gasteiger partial charge is 0.0564 e. The Balaban J connectivity index is 1.97. The lowest BCUT2D eigenvalue weighted by Crippen LogP contribution is -1.97. The molecule has 3 aromatic carbocycles. The number of para-hydroxylation sites is 1. The molecule has 0 bridgehead atoms. The molecule has 0 aliphatic rings. The Hall–Kier alpha value is -3.06. The second-order valence-electron chi connectivity index (χ2n) is 6.13. The van der Waals surface area contributed by atoms with Gasteiger partial charge in [-0.05, 0) is 24.1 Å². The van der Waals surface area contributed by atoms with Crippen LogP contribution in [0, 0.1) is 0 Å². The number of rotatable bonds is 4. The van der Waals surface area contributed by atoms with Crippen LogP contribution in [0.2, 0.25) is 0 Å². The van der Waals surface area contributed by atoms with Crippen molar-refractivity contribution in [2.24, 2.45) is 0 Å². The Morgan fingerprint density at radius 2 is 1.36 bits per heavy atom. The van der Waals surface area contributed by atoms with Crippen molar-refractivity contribution in [3.05, 3.63) is 96.1 Å². The van der Waals surface area contributed by atoms with Crippen molar-refractivity contribution >= 4 is 23.1 Å². The van der Waals surface area contributed by atoms with E-state index in [2.05, 4.69) is 109 Å². The van der Waals surface area contributed by atoms with Gasteiger partial charge >= 0.3 is 0 Å². The normalized spacial score (nSPS) is 11.4. The maximum Gasteiger partial charge on any atom is 0.0564 e. The molecule has 1 heteroatoms. The molecule has 1 aromatic heterocycles. The van der Waals surface area contributed by atoms with Crippen molar-refractivity contribution in [2.75, 3.05) is 0 Å². The Bertz CT molecular complexity index is 1010. The summed E-state index contributed by atoms with van der Waals surface area (Å²) in [5, 5.41) is 1.30. The Morgan fingerprint density at radius 1 is 0.720 bits per heavy atom. The van der Waals surface area contributed by atoms with E-state index in [0.29, 0.717) is 0 Å². The summed E-state index contributed by atoms with van der Waals surface area (Å²) in [6.45, 7) is 3.16. The van der Waals surface area contributed by atoms with Gasteiger partial charge in [-0.15, -0.1) is 0 Å². The lowest BCUT2D eigenvalue weighted by Gasteiger charge is -2.09. The highest BCUT2D eigenvalue weighted by Gasteiger charge is 2.15. The molecular formula is C24H21N. The molecule has 0 radical (unpaired) electrons. The summed E-state index contributed by atoms with van der Waals surface area (Å²) in [4.78, 5) is 0. The molecule has 4 aromatic rings. The molecule has 4 rings (SSSR count). The first kappa shape index (κ1) is 15.5. The van der Waals surface area contributed by atoms with Crippen LogP contribution >= 0.6 is 0 Å². The zero-order chi connectivity index (χ0) is 17.1. The zero-order valence-corrected chi connectivity index (χ0v) is 14.4. The molecule has 0 saturated carbocycles. The van der Waals surface area contributed by atoms with Crippen molar-refractivity contribution in [2.45, 2.75) is 13.5 Å². The summed E-state index contributed by atoms with van der Waals surface area (Å²) in [5.74, 6) is 0. The van der Waals surface area contributed by atoms with Gasteiger partial charge in [-0.2, -0.15) is 0 Å². The van der Waals surface area contributed by atoms with E-state index in [0.717, 1.165) is 6.54 Å². The molecule has 0 atom stereocenters. The van der Waals surface area contributed by atoms with Gasteiger partial charge in [0, 0.05) is 23.0 Å². The van der Waals surface area contributed by atoms with Crippen LogP contribution in [0.25, 0.3) is 34.3 Å². The molecule has 0 spiro atoms. The monoisotopic (exact) mass is 323 g/mol. The highest BCUT2D eigenvalue weighted by molar-refractivity contribution is 5.99.